The average molecular weight is 666 g/mol. The number of benzene rings is 9. The first kappa shape index (κ1) is 29.3. The molecular weight excluding hydrogens is 629 g/mol. The predicted octanol–water partition coefficient (Wildman–Crippen LogP) is 14.8. The summed E-state index contributed by atoms with van der Waals surface area (Å²) in [4.78, 5) is 0. The van der Waals surface area contributed by atoms with E-state index in [1.165, 1.54) is 71.6 Å². The van der Waals surface area contributed by atoms with Crippen molar-refractivity contribution in [3.05, 3.63) is 181 Å². The van der Waals surface area contributed by atoms with E-state index < -0.39 is 0 Å². The molecule has 1 heterocycles. The quantitative estimate of drug-likeness (QED) is 0.167. The number of hydrogen-bond donors (Lipinski definition) is 0. The van der Waals surface area contributed by atoms with Gasteiger partial charge in [-0.25, -0.2) is 0 Å². The van der Waals surface area contributed by atoms with Crippen molar-refractivity contribution in [2.75, 3.05) is 0 Å². The van der Waals surface area contributed by atoms with E-state index in [4.69, 9.17) is 5.79 Å². The topological polar surface area (TPSA) is 13.1 Å². The molecule has 9 aromatic carbocycles. The van der Waals surface area contributed by atoms with Crippen molar-refractivity contribution in [3.8, 4) is 44.5 Å². The van der Waals surface area contributed by atoms with E-state index in [0.717, 1.165) is 32.7 Å². The molecule has 10 aromatic rings. The first-order valence-electron chi connectivity index (χ1n) is 18.6. The zero-order valence-electron chi connectivity index (χ0n) is 30.2. The van der Waals surface area contributed by atoms with Crippen molar-refractivity contribution < 1.29 is 5.79 Å². The van der Waals surface area contributed by atoms with Crippen LogP contribution in [-0.2, 0) is 0 Å². The summed E-state index contributed by atoms with van der Waals surface area (Å²) in [5.74, 6) is 0.439. The van der Waals surface area contributed by atoms with Gasteiger partial charge in [0.25, 0.3) is 0 Å². The largest absolute Gasteiger partial charge is 0.456 e. The van der Waals surface area contributed by atoms with Gasteiger partial charge in [-0.3, -0.25) is 0 Å². The first-order chi connectivity index (χ1) is 26.0. The summed E-state index contributed by atoms with van der Waals surface area (Å²) in [6.45, 7) is 4.44. The molecular formula is C51H36O. The molecule has 1 nitrogen and oxygen atoms in total. The van der Waals surface area contributed by atoms with Crippen LogP contribution in [0.5, 0.6) is 0 Å². The minimum Gasteiger partial charge on any atom is -0.456 e. The van der Waals surface area contributed by atoms with E-state index >= 15 is 0 Å². The zero-order chi connectivity index (χ0) is 35.6. The monoisotopic (exact) mass is 665 g/mol. The van der Waals surface area contributed by atoms with Gasteiger partial charge in [0, 0.05) is 10.8 Å². The molecule has 1 heteroatoms. The third kappa shape index (κ3) is 4.93. The second-order valence-electron chi connectivity index (χ2n) is 14.2. The lowest BCUT2D eigenvalue weighted by molar-refractivity contribution is 0.667. The Morgan fingerprint density at radius 1 is 0.423 bits per heavy atom. The molecule has 0 spiro atoms. The van der Waals surface area contributed by atoms with Crippen LogP contribution in [0, 0.1) is 0 Å². The summed E-state index contributed by atoms with van der Waals surface area (Å²) >= 11 is 0. The number of rotatable bonds is 5. The maximum atomic E-state index is 7.98. The van der Waals surface area contributed by atoms with E-state index in [1.807, 2.05) is 18.2 Å². The molecule has 0 bridgehead atoms. The lowest BCUT2D eigenvalue weighted by Crippen LogP contribution is -1.91. The van der Waals surface area contributed by atoms with Gasteiger partial charge in [0.1, 0.15) is 11.2 Å². The number of hydrogen-bond acceptors (Lipinski definition) is 1. The molecule has 0 amide bonds. The molecule has 0 N–H and O–H groups in total. The van der Waals surface area contributed by atoms with Gasteiger partial charge in [-0.05, 0) is 113 Å². The second kappa shape index (κ2) is 12.1. The van der Waals surface area contributed by atoms with Crippen LogP contribution in [-0.4, -0.2) is 0 Å². The highest BCUT2D eigenvalue weighted by molar-refractivity contribution is 6.22. The van der Waals surface area contributed by atoms with Gasteiger partial charge in [0.2, 0.25) is 0 Å². The maximum absolute atomic E-state index is 7.98. The van der Waals surface area contributed by atoms with Gasteiger partial charge in [0.15, 0.2) is 0 Å². The fraction of sp³-hybridized carbons (Fsp3) is 0.0588. The molecule has 0 saturated heterocycles. The Balaban J connectivity index is 1.12. The normalized spacial score (nSPS) is 12.1. The highest BCUT2D eigenvalue weighted by Crippen LogP contribution is 2.45. The van der Waals surface area contributed by atoms with Crippen LogP contribution in [0.25, 0.3) is 98.8 Å². The Hall–Kier alpha value is -6.44. The Kier molecular flexibility index (Phi) is 6.82. The molecule has 0 radical (unpaired) electrons. The zero-order valence-corrected chi connectivity index (χ0v) is 29.2. The van der Waals surface area contributed by atoms with Crippen molar-refractivity contribution >= 4 is 54.3 Å². The summed E-state index contributed by atoms with van der Waals surface area (Å²) in [5.41, 5.74) is 12.7. The van der Waals surface area contributed by atoms with Crippen molar-refractivity contribution in [2.24, 2.45) is 0 Å². The third-order valence-corrected chi connectivity index (χ3v) is 10.8. The minimum atomic E-state index is 0.439. The van der Waals surface area contributed by atoms with Crippen LogP contribution >= 0.6 is 0 Å². The van der Waals surface area contributed by atoms with Crippen molar-refractivity contribution in [1.29, 1.82) is 0 Å². The SMILES string of the molecule is [2H]c1ccc2cc(-c3ccc(-c4c5ccccc5c(-c5cccc(-c6cccc7oc8cc(C(C)C)ccc8c67)c5)c5ccccc45)cc3)ccc2c1. The van der Waals surface area contributed by atoms with E-state index in [9.17, 15) is 0 Å². The molecule has 10 rings (SSSR count). The molecule has 0 aliphatic carbocycles. The number of fused-ring (bicyclic) bond motifs is 6. The van der Waals surface area contributed by atoms with Crippen LogP contribution in [0.1, 0.15) is 26.7 Å². The van der Waals surface area contributed by atoms with Crippen LogP contribution in [0.15, 0.2) is 180 Å². The van der Waals surface area contributed by atoms with E-state index in [2.05, 4.69) is 166 Å². The minimum absolute atomic E-state index is 0.439. The first-order valence-corrected chi connectivity index (χ1v) is 18.1. The van der Waals surface area contributed by atoms with Crippen molar-refractivity contribution in [2.45, 2.75) is 19.8 Å². The smallest absolute Gasteiger partial charge is 0.136 e. The third-order valence-electron chi connectivity index (χ3n) is 10.8. The molecule has 1 aromatic heterocycles. The van der Waals surface area contributed by atoms with E-state index in [0.29, 0.717) is 12.0 Å². The van der Waals surface area contributed by atoms with Gasteiger partial charge in [-0.15, -0.1) is 0 Å². The maximum Gasteiger partial charge on any atom is 0.136 e. The van der Waals surface area contributed by atoms with E-state index in [1.54, 1.807) is 0 Å². The number of furan rings is 1. The molecule has 0 fully saturated rings. The summed E-state index contributed by atoms with van der Waals surface area (Å²) in [7, 11) is 0. The molecule has 246 valence electrons. The molecule has 0 aliphatic rings. The molecule has 52 heavy (non-hydrogen) atoms. The van der Waals surface area contributed by atoms with Gasteiger partial charge in [-0.1, -0.05) is 165 Å². The van der Waals surface area contributed by atoms with Crippen molar-refractivity contribution in [1.82, 2.24) is 0 Å². The highest BCUT2D eigenvalue weighted by Gasteiger charge is 2.18. The van der Waals surface area contributed by atoms with Gasteiger partial charge >= 0.3 is 0 Å². The second-order valence-corrected chi connectivity index (χ2v) is 14.2. The molecule has 0 aliphatic heterocycles. The van der Waals surface area contributed by atoms with Crippen LogP contribution in [0.2, 0.25) is 0 Å². The van der Waals surface area contributed by atoms with Crippen molar-refractivity contribution in [3.63, 3.8) is 0 Å². The summed E-state index contributed by atoms with van der Waals surface area (Å²) in [6.07, 6.45) is 0. The van der Waals surface area contributed by atoms with Gasteiger partial charge in [-0.2, -0.15) is 0 Å². The van der Waals surface area contributed by atoms with Crippen LogP contribution < -0.4 is 0 Å². The summed E-state index contributed by atoms with van der Waals surface area (Å²) in [6, 6.07) is 61.7. The van der Waals surface area contributed by atoms with Gasteiger partial charge < -0.3 is 4.42 Å². The average Bonchev–Trinajstić information content (AvgIpc) is 3.58. The fourth-order valence-corrected chi connectivity index (χ4v) is 8.17. The highest BCUT2D eigenvalue weighted by atomic mass is 16.3. The predicted molar refractivity (Wildman–Crippen MR) is 222 cm³/mol. The lowest BCUT2D eigenvalue weighted by atomic mass is 9.85. The van der Waals surface area contributed by atoms with E-state index in [-0.39, 0.29) is 0 Å². The molecule has 0 saturated carbocycles. The van der Waals surface area contributed by atoms with Gasteiger partial charge in [0.05, 0.1) is 1.37 Å². The Morgan fingerprint density at radius 2 is 1.08 bits per heavy atom. The molecule has 0 unspecified atom stereocenters. The lowest BCUT2D eigenvalue weighted by Gasteiger charge is -2.18. The Bertz CT molecular complexity index is 2980. The summed E-state index contributed by atoms with van der Waals surface area (Å²) < 4.78 is 14.4. The van der Waals surface area contributed by atoms with Crippen LogP contribution in [0.3, 0.4) is 0 Å². The van der Waals surface area contributed by atoms with Crippen LogP contribution in [0.4, 0.5) is 0 Å². The standard InChI is InChI=1S/C51H36O/c1-32(2)36-27-28-46-48(31-36)52-47-20-10-19-41(51(46)47)39-13-9-14-40(30-39)50-44-17-7-5-15-42(44)49(43-16-6-8-18-45(43)50)35-24-21-34(22-25-35)38-26-23-33-11-3-4-12-37(33)29-38/h3-32H,1-2H3/i3D. The Morgan fingerprint density at radius 3 is 1.81 bits per heavy atom. The molecule has 0 atom stereocenters. The fourth-order valence-electron chi connectivity index (χ4n) is 8.17. The summed E-state index contributed by atoms with van der Waals surface area (Å²) in [5, 5.41) is 9.50. The Labute approximate surface area is 304 Å².